The topological polar surface area (TPSA) is 59.1 Å². The van der Waals surface area contributed by atoms with Crippen molar-refractivity contribution in [3.8, 4) is 0 Å². The molecule has 0 aliphatic carbocycles. The van der Waals surface area contributed by atoms with Crippen LogP contribution in [0.3, 0.4) is 0 Å². The predicted molar refractivity (Wildman–Crippen MR) is 108 cm³/mol. The Hall–Kier alpha value is -3.01. The van der Waals surface area contributed by atoms with Gasteiger partial charge in [-0.05, 0) is 49.1 Å². The number of carbonyl (C=O) groups is 2. The van der Waals surface area contributed by atoms with E-state index in [2.05, 4.69) is 10.3 Å². The molecule has 2 aromatic carbocycles. The van der Waals surface area contributed by atoms with Crippen molar-refractivity contribution in [3.63, 3.8) is 0 Å². The third kappa shape index (κ3) is 4.79. The van der Waals surface area contributed by atoms with Crippen molar-refractivity contribution in [3.05, 3.63) is 77.0 Å². The molecule has 0 aliphatic heterocycles. The van der Waals surface area contributed by atoms with E-state index >= 15 is 0 Å². The van der Waals surface area contributed by atoms with E-state index in [9.17, 15) is 9.59 Å². The van der Waals surface area contributed by atoms with Gasteiger partial charge in [0.25, 0.3) is 0 Å². The Morgan fingerprint density at radius 3 is 2.59 bits per heavy atom. The van der Waals surface area contributed by atoms with Gasteiger partial charge in [-0.1, -0.05) is 36.4 Å². The van der Waals surface area contributed by atoms with E-state index in [4.69, 9.17) is 0 Å². The number of rotatable bonds is 7. The number of amides is 1. The zero-order valence-corrected chi connectivity index (χ0v) is 15.8. The van der Waals surface area contributed by atoms with E-state index in [1.807, 2.05) is 62.4 Å². The lowest BCUT2D eigenvalue weighted by atomic mass is 10.0. The Labute approximate surface area is 159 Å². The maximum atomic E-state index is 12.3. The van der Waals surface area contributed by atoms with Crippen LogP contribution in [0.15, 0.2) is 54.7 Å². The maximum Gasteiger partial charge on any atom is 0.220 e. The first kappa shape index (κ1) is 18.8. The zero-order valence-electron chi connectivity index (χ0n) is 15.8. The highest BCUT2D eigenvalue weighted by molar-refractivity contribution is 5.98. The van der Waals surface area contributed by atoms with Crippen molar-refractivity contribution < 1.29 is 9.59 Å². The minimum absolute atomic E-state index is 0.00602. The number of aromatic nitrogens is 1. The highest BCUT2D eigenvalue weighted by Crippen LogP contribution is 2.16. The first-order valence-electron chi connectivity index (χ1n) is 9.24. The molecule has 27 heavy (non-hydrogen) atoms. The van der Waals surface area contributed by atoms with Crippen LogP contribution in [0.2, 0.25) is 0 Å². The summed E-state index contributed by atoms with van der Waals surface area (Å²) in [4.78, 5) is 28.8. The Morgan fingerprint density at radius 2 is 1.78 bits per heavy atom. The van der Waals surface area contributed by atoms with Crippen LogP contribution in [0, 0.1) is 13.8 Å². The van der Waals surface area contributed by atoms with E-state index in [0.717, 1.165) is 27.6 Å². The lowest BCUT2D eigenvalue weighted by Gasteiger charge is -2.08. The molecule has 0 unspecified atom stereocenters. The number of nitrogens with zero attached hydrogens (tertiary/aromatic N) is 1. The van der Waals surface area contributed by atoms with Crippen LogP contribution in [0.1, 0.15) is 39.9 Å². The molecule has 0 fully saturated rings. The molecule has 0 radical (unpaired) electrons. The highest BCUT2D eigenvalue weighted by atomic mass is 16.2. The fourth-order valence-electron chi connectivity index (χ4n) is 3.08. The van der Waals surface area contributed by atoms with Gasteiger partial charge in [-0.3, -0.25) is 14.6 Å². The maximum absolute atomic E-state index is 12.3. The molecule has 4 nitrogen and oxygen atoms in total. The second-order valence-electron chi connectivity index (χ2n) is 6.81. The van der Waals surface area contributed by atoms with Gasteiger partial charge in [-0.25, -0.2) is 0 Å². The molecule has 1 aromatic heterocycles. The number of pyridine rings is 1. The molecule has 0 aliphatic rings. The quantitative estimate of drug-likeness (QED) is 0.643. The fraction of sp³-hybridized carbons (Fsp3) is 0.261. The van der Waals surface area contributed by atoms with Gasteiger partial charge in [-0.2, -0.15) is 0 Å². The van der Waals surface area contributed by atoms with Crippen molar-refractivity contribution in [1.29, 1.82) is 0 Å². The number of para-hydroxylation sites is 1. The van der Waals surface area contributed by atoms with E-state index in [-0.39, 0.29) is 24.5 Å². The number of hydrogen-bond acceptors (Lipinski definition) is 3. The summed E-state index contributed by atoms with van der Waals surface area (Å²) in [6.45, 7) is 4.54. The summed E-state index contributed by atoms with van der Waals surface area (Å²) in [5.41, 5.74) is 5.01. The second-order valence-corrected chi connectivity index (χ2v) is 6.81. The van der Waals surface area contributed by atoms with Crippen LogP contribution in [0.25, 0.3) is 10.9 Å². The lowest BCUT2D eigenvalue weighted by molar-refractivity contribution is -0.121. The van der Waals surface area contributed by atoms with Crippen molar-refractivity contribution in [1.82, 2.24) is 10.3 Å². The van der Waals surface area contributed by atoms with Crippen LogP contribution >= 0.6 is 0 Å². The minimum atomic E-state index is -0.0969. The first-order valence-corrected chi connectivity index (χ1v) is 9.24. The smallest absolute Gasteiger partial charge is 0.220 e. The molecule has 0 saturated heterocycles. The standard InChI is InChI=1S/C23H24N2O2/c1-16-8-9-20(15-17(16)2)21(26)10-11-22(27)24-14-12-19-6-3-5-18-7-4-13-25-23(18)19/h3-9,13,15H,10-12,14H2,1-2H3,(H,24,27). The number of benzene rings is 2. The normalized spacial score (nSPS) is 10.7. The van der Waals surface area contributed by atoms with Crippen LogP contribution in [0.5, 0.6) is 0 Å². The van der Waals surface area contributed by atoms with Crippen LogP contribution in [-0.2, 0) is 11.2 Å². The molecular weight excluding hydrogens is 336 g/mol. The molecule has 3 rings (SSSR count). The molecule has 0 bridgehead atoms. The average Bonchev–Trinajstić information content (AvgIpc) is 2.68. The summed E-state index contributed by atoms with van der Waals surface area (Å²) in [5, 5.41) is 4.00. The fourth-order valence-corrected chi connectivity index (χ4v) is 3.08. The Kier molecular flexibility index (Phi) is 5.97. The largest absolute Gasteiger partial charge is 0.356 e. The summed E-state index contributed by atoms with van der Waals surface area (Å²) in [7, 11) is 0. The number of carbonyl (C=O) groups excluding carboxylic acids is 2. The molecule has 1 heterocycles. The van der Waals surface area contributed by atoms with Crippen molar-refractivity contribution in [2.24, 2.45) is 0 Å². The molecule has 0 spiro atoms. The third-order valence-corrected chi connectivity index (χ3v) is 4.84. The number of ketones is 1. The van der Waals surface area contributed by atoms with Gasteiger partial charge in [0, 0.05) is 36.5 Å². The van der Waals surface area contributed by atoms with E-state index < -0.39 is 0 Å². The minimum Gasteiger partial charge on any atom is -0.356 e. The molecule has 1 N–H and O–H groups in total. The second kappa shape index (κ2) is 8.58. The van der Waals surface area contributed by atoms with E-state index in [1.165, 1.54) is 0 Å². The van der Waals surface area contributed by atoms with Crippen LogP contribution in [-0.4, -0.2) is 23.2 Å². The third-order valence-electron chi connectivity index (χ3n) is 4.84. The number of Topliss-reactive ketones (excluding diaryl/α,β-unsaturated/α-hetero) is 1. The summed E-state index contributed by atoms with van der Waals surface area (Å²) >= 11 is 0. The molecule has 0 atom stereocenters. The van der Waals surface area contributed by atoms with Gasteiger partial charge >= 0.3 is 0 Å². The van der Waals surface area contributed by atoms with Crippen molar-refractivity contribution in [2.45, 2.75) is 33.1 Å². The SMILES string of the molecule is Cc1ccc(C(=O)CCC(=O)NCCc2cccc3cccnc23)cc1C. The van der Waals surface area contributed by atoms with Gasteiger partial charge in [0.1, 0.15) is 0 Å². The number of hydrogen-bond donors (Lipinski definition) is 1. The summed E-state index contributed by atoms with van der Waals surface area (Å²) in [6.07, 6.45) is 2.93. The number of aryl methyl sites for hydroxylation is 2. The van der Waals surface area contributed by atoms with Gasteiger partial charge in [-0.15, -0.1) is 0 Å². The molecule has 0 saturated carbocycles. The zero-order chi connectivity index (χ0) is 19.2. The van der Waals surface area contributed by atoms with Crippen molar-refractivity contribution >= 4 is 22.6 Å². The van der Waals surface area contributed by atoms with Crippen LogP contribution < -0.4 is 5.32 Å². The Bertz CT molecular complexity index is 974. The predicted octanol–water partition coefficient (Wildman–Crippen LogP) is 4.17. The summed E-state index contributed by atoms with van der Waals surface area (Å²) < 4.78 is 0. The van der Waals surface area contributed by atoms with E-state index in [1.54, 1.807) is 6.20 Å². The number of fused-ring (bicyclic) bond motifs is 1. The van der Waals surface area contributed by atoms with Crippen LogP contribution in [0.4, 0.5) is 0 Å². The first-order chi connectivity index (χ1) is 13.0. The van der Waals surface area contributed by atoms with Gasteiger partial charge in [0.15, 0.2) is 5.78 Å². The van der Waals surface area contributed by atoms with Gasteiger partial charge in [0.05, 0.1) is 5.52 Å². The van der Waals surface area contributed by atoms with E-state index in [0.29, 0.717) is 18.5 Å². The summed E-state index contributed by atoms with van der Waals surface area (Å²) in [5.74, 6) is -0.0908. The average molecular weight is 360 g/mol. The molecule has 4 heteroatoms. The molecule has 3 aromatic rings. The lowest BCUT2D eigenvalue weighted by Crippen LogP contribution is -2.26. The summed E-state index contributed by atoms with van der Waals surface area (Å²) in [6, 6.07) is 15.7. The molecule has 138 valence electrons. The highest BCUT2D eigenvalue weighted by Gasteiger charge is 2.10. The van der Waals surface area contributed by atoms with Gasteiger partial charge < -0.3 is 5.32 Å². The monoisotopic (exact) mass is 360 g/mol. The molecular formula is C23H24N2O2. The Balaban J connectivity index is 1.48. The number of nitrogens with one attached hydrogen (secondary N) is 1. The Morgan fingerprint density at radius 1 is 0.963 bits per heavy atom. The van der Waals surface area contributed by atoms with Crippen molar-refractivity contribution in [2.75, 3.05) is 6.54 Å². The van der Waals surface area contributed by atoms with Gasteiger partial charge in [0.2, 0.25) is 5.91 Å². The molecule has 1 amide bonds.